The van der Waals surface area contributed by atoms with Crippen molar-refractivity contribution in [3.05, 3.63) is 34.9 Å². The molecule has 19 heavy (non-hydrogen) atoms. The molecule has 1 aliphatic heterocycles. The Kier molecular flexibility index (Phi) is 3.31. The van der Waals surface area contributed by atoms with Crippen molar-refractivity contribution in [2.24, 2.45) is 0 Å². The van der Waals surface area contributed by atoms with Gasteiger partial charge in [-0.3, -0.25) is 4.79 Å². The van der Waals surface area contributed by atoms with Crippen LogP contribution < -0.4 is 0 Å². The molecule has 102 valence electrons. The lowest BCUT2D eigenvalue weighted by atomic mass is 9.74. The lowest BCUT2D eigenvalue weighted by Gasteiger charge is -2.41. The first-order valence-electron chi connectivity index (χ1n) is 7.00. The smallest absolute Gasteiger partial charge is 0.306 e. The van der Waals surface area contributed by atoms with Gasteiger partial charge in [0.05, 0.1) is 32.2 Å². The number of benzene rings is 1. The third-order valence-corrected chi connectivity index (χ3v) is 4.43. The van der Waals surface area contributed by atoms with E-state index in [9.17, 15) is 4.79 Å². The highest BCUT2D eigenvalue weighted by atomic mass is 16.5. The molecular formula is C16H20O3. The van der Waals surface area contributed by atoms with Crippen molar-refractivity contribution in [3.63, 3.8) is 0 Å². The Morgan fingerprint density at radius 1 is 1.26 bits per heavy atom. The number of rotatable bonds is 3. The predicted molar refractivity (Wildman–Crippen MR) is 72.2 cm³/mol. The van der Waals surface area contributed by atoms with E-state index in [0.29, 0.717) is 19.6 Å². The van der Waals surface area contributed by atoms with E-state index in [4.69, 9.17) is 9.47 Å². The lowest BCUT2D eigenvalue weighted by Crippen LogP contribution is -2.48. The van der Waals surface area contributed by atoms with Gasteiger partial charge in [0.2, 0.25) is 0 Å². The monoisotopic (exact) mass is 260 g/mol. The fourth-order valence-corrected chi connectivity index (χ4v) is 3.13. The number of carbonyl (C=O) groups excluding carboxylic acids is 1. The minimum absolute atomic E-state index is 0.152. The molecule has 0 spiro atoms. The van der Waals surface area contributed by atoms with Gasteiger partial charge < -0.3 is 9.47 Å². The number of esters is 1. The first-order chi connectivity index (χ1) is 9.23. The first kappa shape index (κ1) is 12.7. The number of methoxy groups -OCH3 is 1. The van der Waals surface area contributed by atoms with Crippen LogP contribution in [0.2, 0.25) is 0 Å². The standard InChI is InChI=1S/C16H20O3/c1-18-15(17)9-16(10-19-11-16)14-7-6-12-4-2-3-5-13(12)8-14/h6-8H,2-5,9-11H2,1H3. The van der Waals surface area contributed by atoms with E-state index >= 15 is 0 Å². The number of aryl methyl sites for hydroxylation is 2. The minimum atomic E-state index is -0.153. The van der Waals surface area contributed by atoms with Gasteiger partial charge in [0, 0.05) is 0 Å². The summed E-state index contributed by atoms with van der Waals surface area (Å²) < 4.78 is 10.2. The van der Waals surface area contributed by atoms with E-state index in [1.165, 1.54) is 49.5 Å². The molecule has 3 nitrogen and oxygen atoms in total. The lowest BCUT2D eigenvalue weighted by molar-refractivity contribution is -0.148. The van der Waals surface area contributed by atoms with E-state index in [1.54, 1.807) is 0 Å². The molecule has 0 amide bonds. The summed E-state index contributed by atoms with van der Waals surface area (Å²) in [7, 11) is 1.45. The molecule has 3 rings (SSSR count). The molecule has 0 radical (unpaired) electrons. The summed E-state index contributed by atoms with van der Waals surface area (Å²) in [5.41, 5.74) is 4.02. The van der Waals surface area contributed by atoms with Crippen LogP contribution in [0.15, 0.2) is 18.2 Å². The molecule has 0 N–H and O–H groups in total. The Balaban J connectivity index is 1.89. The average Bonchev–Trinajstić information content (AvgIpc) is 2.42. The van der Waals surface area contributed by atoms with Crippen molar-refractivity contribution in [3.8, 4) is 0 Å². The highest BCUT2D eigenvalue weighted by Crippen LogP contribution is 2.37. The molecule has 1 fully saturated rings. The van der Waals surface area contributed by atoms with E-state index in [1.807, 2.05) is 0 Å². The average molecular weight is 260 g/mol. The van der Waals surface area contributed by atoms with Gasteiger partial charge in [-0.15, -0.1) is 0 Å². The number of carbonyl (C=O) groups is 1. The zero-order valence-corrected chi connectivity index (χ0v) is 11.4. The van der Waals surface area contributed by atoms with Crippen LogP contribution in [-0.4, -0.2) is 26.3 Å². The van der Waals surface area contributed by atoms with Gasteiger partial charge >= 0.3 is 5.97 Å². The Morgan fingerprint density at radius 3 is 2.63 bits per heavy atom. The van der Waals surface area contributed by atoms with Crippen LogP contribution in [0.1, 0.15) is 36.0 Å². The van der Waals surface area contributed by atoms with E-state index in [-0.39, 0.29) is 11.4 Å². The van der Waals surface area contributed by atoms with Crippen molar-refractivity contribution in [2.75, 3.05) is 20.3 Å². The largest absolute Gasteiger partial charge is 0.469 e. The summed E-state index contributed by atoms with van der Waals surface area (Å²) in [5, 5.41) is 0. The van der Waals surface area contributed by atoms with Crippen LogP contribution in [0.25, 0.3) is 0 Å². The third kappa shape index (κ3) is 2.27. The van der Waals surface area contributed by atoms with E-state index in [0.717, 1.165) is 0 Å². The molecule has 1 aromatic rings. The van der Waals surface area contributed by atoms with Gasteiger partial charge in [-0.05, 0) is 42.4 Å². The number of hydrogen-bond donors (Lipinski definition) is 0. The number of fused-ring (bicyclic) bond motifs is 1. The molecule has 0 aromatic heterocycles. The Morgan fingerprint density at radius 2 is 2.00 bits per heavy atom. The zero-order chi connectivity index (χ0) is 13.3. The Labute approximate surface area is 113 Å². The summed E-state index contributed by atoms with van der Waals surface area (Å²) in [6, 6.07) is 6.71. The van der Waals surface area contributed by atoms with Gasteiger partial charge in [-0.25, -0.2) is 0 Å². The fourth-order valence-electron chi connectivity index (χ4n) is 3.13. The van der Waals surface area contributed by atoms with Crippen molar-refractivity contribution in [2.45, 2.75) is 37.5 Å². The minimum Gasteiger partial charge on any atom is -0.469 e. The predicted octanol–water partition coefficient (Wildman–Crippen LogP) is 2.40. The first-order valence-corrected chi connectivity index (χ1v) is 7.00. The van der Waals surface area contributed by atoms with Gasteiger partial charge in [-0.1, -0.05) is 18.2 Å². The molecule has 1 heterocycles. The fraction of sp³-hybridized carbons (Fsp3) is 0.562. The van der Waals surface area contributed by atoms with Gasteiger partial charge in [0.15, 0.2) is 0 Å². The molecule has 0 atom stereocenters. The maximum Gasteiger partial charge on any atom is 0.306 e. The number of hydrogen-bond acceptors (Lipinski definition) is 3. The second-order valence-electron chi connectivity index (χ2n) is 5.72. The second-order valence-corrected chi connectivity index (χ2v) is 5.72. The molecule has 1 aliphatic carbocycles. The molecule has 1 aromatic carbocycles. The molecule has 0 saturated carbocycles. The van der Waals surface area contributed by atoms with Crippen molar-refractivity contribution < 1.29 is 14.3 Å². The summed E-state index contributed by atoms with van der Waals surface area (Å²) in [6.45, 7) is 1.25. The summed E-state index contributed by atoms with van der Waals surface area (Å²) in [5.74, 6) is -0.152. The molecule has 1 saturated heterocycles. The molecule has 2 aliphatic rings. The Hall–Kier alpha value is -1.35. The molecular weight excluding hydrogens is 240 g/mol. The quantitative estimate of drug-likeness (QED) is 0.783. The maximum atomic E-state index is 11.6. The van der Waals surface area contributed by atoms with Gasteiger partial charge in [-0.2, -0.15) is 0 Å². The maximum absolute atomic E-state index is 11.6. The Bertz CT molecular complexity index is 489. The van der Waals surface area contributed by atoms with Crippen LogP contribution in [0.4, 0.5) is 0 Å². The highest BCUT2D eigenvalue weighted by molar-refractivity contribution is 5.71. The van der Waals surface area contributed by atoms with Crippen molar-refractivity contribution >= 4 is 5.97 Å². The molecule has 0 unspecified atom stereocenters. The van der Waals surface area contributed by atoms with Crippen LogP contribution in [-0.2, 0) is 32.5 Å². The summed E-state index contributed by atoms with van der Waals surface area (Å²) >= 11 is 0. The number of ether oxygens (including phenoxy) is 2. The van der Waals surface area contributed by atoms with E-state index < -0.39 is 0 Å². The summed E-state index contributed by atoms with van der Waals surface area (Å²) in [4.78, 5) is 11.6. The summed E-state index contributed by atoms with van der Waals surface area (Å²) in [6.07, 6.45) is 5.34. The van der Waals surface area contributed by atoms with Crippen molar-refractivity contribution in [1.29, 1.82) is 0 Å². The highest BCUT2D eigenvalue weighted by Gasteiger charge is 2.42. The van der Waals surface area contributed by atoms with Crippen LogP contribution >= 0.6 is 0 Å². The van der Waals surface area contributed by atoms with Crippen LogP contribution in [0, 0.1) is 0 Å². The SMILES string of the molecule is COC(=O)CC1(c2ccc3c(c2)CCCC3)COC1. The van der Waals surface area contributed by atoms with Gasteiger partial charge in [0.25, 0.3) is 0 Å². The second kappa shape index (κ2) is 4.97. The van der Waals surface area contributed by atoms with Crippen molar-refractivity contribution in [1.82, 2.24) is 0 Å². The van der Waals surface area contributed by atoms with E-state index in [2.05, 4.69) is 18.2 Å². The molecule has 0 bridgehead atoms. The normalized spacial score (nSPS) is 20.3. The van der Waals surface area contributed by atoms with Crippen LogP contribution in [0.5, 0.6) is 0 Å². The zero-order valence-electron chi connectivity index (χ0n) is 11.4. The topological polar surface area (TPSA) is 35.5 Å². The van der Waals surface area contributed by atoms with Crippen LogP contribution in [0.3, 0.4) is 0 Å². The van der Waals surface area contributed by atoms with Gasteiger partial charge in [0.1, 0.15) is 0 Å². The third-order valence-electron chi connectivity index (χ3n) is 4.43. The molecule has 3 heteroatoms.